The van der Waals surface area contributed by atoms with Crippen LogP contribution in [0.2, 0.25) is 0 Å². The molecule has 2 fully saturated rings. The van der Waals surface area contributed by atoms with Gasteiger partial charge in [0.2, 0.25) is 0 Å². The molecule has 13 heteroatoms. The summed E-state index contributed by atoms with van der Waals surface area (Å²) in [6, 6.07) is 2.97. The largest absolute Gasteiger partial charge is 0.733 e. The third kappa shape index (κ3) is 5.33. The topological polar surface area (TPSA) is 135 Å². The van der Waals surface area contributed by atoms with Crippen LogP contribution in [0, 0.1) is 11.0 Å². The van der Waals surface area contributed by atoms with Gasteiger partial charge in [-0.25, -0.2) is 18.9 Å². The Balaban J connectivity index is 1.37. The number of hydrogen-bond acceptors (Lipinski definition) is 9. The molecule has 0 saturated carbocycles. The van der Waals surface area contributed by atoms with Gasteiger partial charge in [-0.1, -0.05) is 0 Å². The van der Waals surface area contributed by atoms with E-state index in [9.17, 15) is 15.2 Å². The average Bonchev–Trinajstić information content (AvgIpc) is 3.47. The molecule has 1 amide bonds. The zero-order chi connectivity index (χ0) is 26.3. The summed E-state index contributed by atoms with van der Waals surface area (Å²) in [5.74, 6) is -0.219. The second-order valence-corrected chi connectivity index (χ2v) is 10.3. The van der Waals surface area contributed by atoms with Gasteiger partial charge in [0, 0.05) is 38.9 Å². The summed E-state index contributed by atoms with van der Waals surface area (Å²) in [6.07, 6.45) is 3.36. The number of fused-ring (bicyclic) bond motifs is 1. The predicted octanol–water partition coefficient (Wildman–Crippen LogP) is 4.02. The predicted molar refractivity (Wildman–Crippen MR) is 134 cm³/mol. The van der Waals surface area contributed by atoms with Gasteiger partial charge < -0.3 is 34.7 Å². The molecule has 4 heterocycles. The highest BCUT2D eigenvalue weighted by molar-refractivity contribution is 5.84. The molecule has 0 bridgehead atoms. The molecule has 2 saturated heterocycles. The molecule has 37 heavy (non-hydrogen) atoms. The summed E-state index contributed by atoms with van der Waals surface area (Å²) in [5, 5.41) is 25.7. The Morgan fingerprint density at radius 3 is 2.68 bits per heavy atom. The number of halogens is 1. The molecule has 200 valence electrons. The molecule has 2 aliphatic rings. The highest BCUT2D eigenvalue weighted by Crippen LogP contribution is 2.33. The summed E-state index contributed by atoms with van der Waals surface area (Å²) in [6.45, 7) is 7.71. The van der Waals surface area contributed by atoms with Crippen molar-refractivity contribution in [3.63, 3.8) is 0 Å². The molecule has 2 aliphatic heterocycles. The van der Waals surface area contributed by atoms with E-state index < -0.39 is 11.4 Å². The maximum Gasteiger partial charge on any atom is 0.410 e. The fraction of sp³-hybridized carbons (Fsp3) is 0.542. The van der Waals surface area contributed by atoms with Crippen LogP contribution in [-0.4, -0.2) is 74.3 Å². The lowest BCUT2D eigenvalue weighted by Gasteiger charge is -2.36. The first kappa shape index (κ1) is 25.2. The van der Waals surface area contributed by atoms with E-state index in [0.717, 1.165) is 19.3 Å². The summed E-state index contributed by atoms with van der Waals surface area (Å²) >= 11 is 0. The van der Waals surface area contributed by atoms with Crippen LogP contribution in [0.4, 0.5) is 20.6 Å². The van der Waals surface area contributed by atoms with E-state index in [1.165, 1.54) is 16.9 Å². The molecule has 1 aromatic carbocycles. The Labute approximate surface area is 213 Å². The number of ether oxygens (including phenoxy) is 2. The summed E-state index contributed by atoms with van der Waals surface area (Å²) < 4.78 is 27.8. The third-order valence-electron chi connectivity index (χ3n) is 6.42. The number of hydrogen-bond donors (Lipinski definition) is 2. The summed E-state index contributed by atoms with van der Waals surface area (Å²) in [4.78, 5) is 23.4. The molecule has 3 aromatic rings. The number of piperazine rings is 1. The first-order chi connectivity index (χ1) is 17.6. The van der Waals surface area contributed by atoms with E-state index in [4.69, 9.17) is 9.47 Å². The van der Waals surface area contributed by atoms with Crippen LogP contribution in [0.15, 0.2) is 18.3 Å². The van der Waals surface area contributed by atoms with Gasteiger partial charge in [-0.15, -0.1) is 0 Å². The van der Waals surface area contributed by atoms with Crippen LogP contribution in [0.3, 0.4) is 0 Å². The van der Waals surface area contributed by atoms with E-state index in [2.05, 4.69) is 15.1 Å². The number of aromatic amines is 1. The number of nitrogens with one attached hydrogen (secondary N) is 1. The van der Waals surface area contributed by atoms with Gasteiger partial charge in [-0.3, -0.25) is 5.21 Å². The Kier molecular flexibility index (Phi) is 6.68. The van der Waals surface area contributed by atoms with Crippen LogP contribution in [0.5, 0.6) is 0 Å². The van der Waals surface area contributed by atoms with Crippen LogP contribution < -0.4 is 10.1 Å². The summed E-state index contributed by atoms with van der Waals surface area (Å²) in [7, 11) is 0. The molecule has 5 rings (SSSR count). The quantitative estimate of drug-likeness (QED) is 0.493. The van der Waals surface area contributed by atoms with Gasteiger partial charge in [0.1, 0.15) is 23.3 Å². The SMILES string of the molecule is CC(C)(C)OC(=O)N1CCN(c2cc3nc(-c4nn(C5CCCCO5)cc4N([O-])O)[nH]c3cc2F)CC1. The second-order valence-electron chi connectivity index (χ2n) is 10.3. The fourth-order valence-electron chi connectivity index (χ4n) is 4.60. The molecule has 0 radical (unpaired) electrons. The van der Waals surface area contributed by atoms with Crippen molar-refractivity contribution in [3.8, 4) is 11.5 Å². The van der Waals surface area contributed by atoms with Gasteiger partial charge in [-0.05, 0) is 46.1 Å². The molecule has 12 nitrogen and oxygen atoms in total. The molecular formula is C24H31FN7O5-. The standard InChI is InChI=1S/C24H31FN7O5/c1-24(2,3)37-23(33)30-9-7-29(8-10-30)18-13-17-16(12-15(18)25)26-22(27-17)21-19(32(34)35)14-31(28-21)20-6-4-5-11-36-20/h12-14,20,34H,4-11H2,1-3H3,(H,26,27)/q-1. The minimum Gasteiger partial charge on any atom is -0.733 e. The van der Waals surface area contributed by atoms with E-state index in [-0.39, 0.29) is 34.8 Å². The first-order valence-corrected chi connectivity index (χ1v) is 12.4. The molecule has 2 N–H and O–H groups in total. The number of nitrogens with zero attached hydrogens (tertiary/aromatic N) is 6. The maximum atomic E-state index is 15.1. The Hall–Kier alpha value is -3.42. The lowest BCUT2D eigenvalue weighted by molar-refractivity contribution is -0.0393. The van der Waals surface area contributed by atoms with Crippen LogP contribution in [0.25, 0.3) is 22.6 Å². The smallest absolute Gasteiger partial charge is 0.410 e. The van der Waals surface area contributed by atoms with Gasteiger partial charge >= 0.3 is 6.09 Å². The van der Waals surface area contributed by atoms with Crippen molar-refractivity contribution in [1.82, 2.24) is 24.6 Å². The molecule has 0 aliphatic carbocycles. The van der Waals surface area contributed by atoms with Gasteiger partial charge in [0.15, 0.2) is 11.5 Å². The lowest BCUT2D eigenvalue weighted by atomic mass is 10.2. The monoisotopic (exact) mass is 516 g/mol. The van der Waals surface area contributed by atoms with Crippen LogP contribution >= 0.6 is 0 Å². The molecule has 2 aromatic heterocycles. The van der Waals surface area contributed by atoms with Gasteiger partial charge in [-0.2, -0.15) is 5.10 Å². The van der Waals surface area contributed by atoms with Crippen molar-refractivity contribution in [2.75, 3.05) is 42.9 Å². The zero-order valence-corrected chi connectivity index (χ0v) is 21.1. The fourth-order valence-corrected chi connectivity index (χ4v) is 4.60. The molecular weight excluding hydrogens is 485 g/mol. The number of anilines is 2. The van der Waals surface area contributed by atoms with E-state index in [0.29, 0.717) is 49.5 Å². The normalized spacial score (nSPS) is 18.9. The van der Waals surface area contributed by atoms with E-state index in [1.54, 1.807) is 11.0 Å². The third-order valence-corrected chi connectivity index (χ3v) is 6.42. The zero-order valence-electron chi connectivity index (χ0n) is 21.1. The van der Waals surface area contributed by atoms with Crippen molar-refractivity contribution in [2.45, 2.75) is 51.9 Å². The molecule has 1 unspecified atom stereocenters. The highest BCUT2D eigenvalue weighted by atomic mass is 19.1. The lowest BCUT2D eigenvalue weighted by Crippen LogP contribution is -2.50. The average molecular weight is 517 g/mol. The number of H-pyrrole nitrogens is 1. The number of rotatable bonds is 4. The van der Waals surface area contributed by atoms with E-state index >= 15 is 4.39 Å². The van der Waals surface area contributed by atoms with Crippen molar-refractivity contribution >= 4 is 28.5 Å². The van der Waals surface area contributed by atoms with Crippen molar-refractivity contribution in [2.24, 2.45) is 0 Å². The number of amides is 1. The molecule has 1 atom stereocenters. The molecule has 0 spiro atoms. The number of benzene rings is 1. The minimum absolute atomic E-state index is 0.0906. The highest BCUT2D eigenvalue weighted by Gasteiger charge is 2.28. The van der Waals surface area contributed by atoms with Crippen molar-refractivity contribution in [1.29, 1.82) is 0 Å². The van der Waals surface area contributed by atoms with Crippen molar-refractivity contribution in [3.05, 3.63) is 29.4 Å². The number of aromatic nitrogens is 4. The maximum absolute atomic E-state index is 15.1. The Bertz CT molecular complexity index is 1270. The van der Waals surface area contributed by atoms with Crippen LogP contribution in [-0.2, 0) is 9.47 Å². The Morgan fingerprint density at radius 2 is 2.03 bits per heavy atom. The second kappa shape index (κ2) is 9.80. The van der Waals surface area contributed by atoms with Gasteiger partial charge in [0.05, 0.1) is 22.9 Å². The summed E-state index contributed by atoms with van der Waals surface area (Å²) in [5.41, 5.74) is 0.729. The van der Waals surface area contributed by atoms with Crippen molar-refractivity contribution < 1.29 is 23.9 Å². The van der Waals surface area contributed by atoms with Gasteiger partial charge in [0.25, 0.3) is 0 Å². The number of carbonyl (C=O) groups is 1. The van der Waals surface area contributed by atoms with Crippen LogP contribution in [0.1, 0.15) is 46.3 Å². The minimum atomic E-state index is -0.582. The Morgan fingerprint density at radius 1 is 1.27 bits per heavy atom. The van der Waals surface area contributed by atoms with E-state index in [1.807, 2.05) is 25.7 Å². The first-order valence-electron chi connectivity index (χ1n) is 12.4. The number of imidazole rings is 1. The number of carbonyl (C=O) groups excluding carboxylic acids is 1.